The summed E-state index contributed by atoms with van der Waals surface area (Å²) in [5.74, 6) is -1.10. The Morgan fingerprint density at radius 1 is 1.22 bits per heavy atom. The molecule has 2 fully saturated rings. The van der Waals surface area contributed by atoms with E-state index in [0.717, 1.165) is 26.1 Å². The molecule has 1 saturated heterocycles. The molecule has 2 rings (SSSR count). The Kier molecular flexibility index (Phi) is 3.93. The first-order valence-corrected chi connectivity index (χ1v) is 6.85. The fraction of sp³-hybridized carbons (Fsp3) is 1.00. The Labute approximate surface area is 107 Å². The van der Waals surface area contributed by atoms with Gasteiger partial charge in [0.05, 0.1) is 5.92 Å². The van der Waals surface area contributed by atoms with Gasteiger partial charge in [-0.2, -0.15) is 13.2 Å². The SMILES string of the molecule is CC1(C)CNCCN1C1CCCC(C(F)(F)F)C1. The Morgan fingerprint density at radius 2 is 1.94 bits per heavy atom. The van der Waals surface area contributed by atoms with Crippen LogP contribution in [-0.4, -0.2) is 42.3 Å². The molecule has 1 heterocycles. The molecule has 1 aliphatic heterocycles. The van der Waals surface area contributed by atoms with Crippen molar-refractivity contribution in [2.45, 2.75) is 57.3 Å². The van der Waals surface area contributed by atoms with Crippen molar-refractivity contribution in [2.24, 2.45) is 5.92 Å². The van der Waals surface area contributed by atoms with Crippen LogP contribution in [0.15, 0.2) is 0 Å². The number of nitrogens with zero attached hydrogens (tertiary/aromatic N) is 1. The smallest absolute Gasteiger partial charge is 0.314 e. The van der Waals surface area contributed by atoms with E-state index in [1.165, 1.54) is 0 Å². The molecule has 1 N–H and O–H groups in total. The Balaban J connectivity index is 2.04. The number of hydrogen-bond donors (Lipinski definition) is 1. The van der Waals surface area contributed by atoms with Crippen molar-refractivity contribution in [3.63, 3.8) is 0 Å². The zero-order chi connectivity index (χ0) is 13.4. The molecule has 0 spiro atoms. The first-order chi connectivity index (χ1) is 8.31. The summed E-state index contributed by atoms with van der Waals surface area (Å²) in [6.45, 7) is 6.85. The van der Waals surface area contributed by atoms with Gasteiger partial charge in [-0.3, -0.25) is 4.90 Å². The monoisotopic (exact) mass is 264 g/mol. The third-order valence-corrected chi connectivity index (χ3v) is 4.41. The predicted octanol–water partition coefficient (Wildman–Crippen LogP) is 2.79. The molecule has 2 unspecified atom stereocenters. The van der Waals surface area contributed by atoms with Gasteiger partial charge in [-0.1, -0.05) is 6.42 Å². The van der Waals surface area contributed by atoms with E-state index in [1.807, 2.05) is 0 Å². The highest BCUT2D eigenvalue weighted by Gasteiger charge is 2.45. The summed E-state index contributed by atoms with van der Waals surface area (Å²) in [5, 5.41) is 3.32. The normalized spacial score (nSPS) is 34.5. The standard InChI is InChI=1S/C13H23F3N2/c1-12(2)9-17-6-7-18(12)11-5-3-4-10(8-11)13(14,15)16/h10-11,17H,3-9H2,1-2H3. The summed E-state index contributed by atoms with van der Waals surface area (Å²) >= 11 is 0. The number of nitrogens with one attached hydrogen (secondary N) is 1. The van der Waals surface area contributed by atoms with Crippen LogP contribution >= 0.6 is 0 Å². The molecular formula is C13H23F3N2. The van der Waals surface area contributed by atoms with Crippen LogP contribution in [0.2, 0.25) is 0 Å². The second kappa shape index (κ2) is 5.00. The van der Waals surface area contributed by atoms with Crippen LogP contribution < -0.4 is 5.32 Å². The number of halogens is 3. The van der Waals surface area contributed by atoms with E-state index in [9.17, 15) is 13.2 Å². The van der Waals surface area contributed by atoms with Crippen molar-refractivity contribution >= 4 is 0 Å². The molecule has 0 aromatic heterocycles. The van der Waals surface area contributed by atoms with Gasteiger partial charge in [0, 0.05) is 31.2 Å². The molecule has 2 aliphatic rings. The third kappa shape index (κ3) is 2.99. The summed E-state index contributed by atoms with van der Waals surface area (Å²) in [7, 11) is 0. The Bertz CT molecular complexity index is 288. The molecule has 18 heavy (non-hydrogen) atoms. The zero-order valence-electron chi connectivity index (χ0n) is 11.2. The lowest BCUT2D eigenvalue weighted by molar-refractivity contribution is -0.189. The van der Waals surface area contributed by atoms with Crippen molar-refractivity contribution in [3.05, 3.63) is 0 Å². The lowest BCUT2D eigenvalue weighted by Crippen LogP contribution is -2.62. The molecule has 0 radical (unpaired) electrons. The van der Waals surface area contributed by atoms with E-state index < -0.39 is 12.1 Å². The van der Waals surface area contributed by atoms with E-state index in [-0.39, 0.29) is 18.0 Å². The van der Waals surface area contributed by atoms with Gasteiger partial charge < -0.3 is 5.32 Å². The van der Waals surface area contributed by atoms with E-state index >= 15 is 0 Å². The van der Waals surface area contributed by atoms with Crippen LogP contribution in [0.4, 0.5) is 13.2 Å². The van der Waals surface area contributed by atoms with Crippen LogP contribution in [0.1, 0.15) is 39.5 Å². The first kappa shape index (κ1) is 14.1. The summed E-state index contributed by atoms with van der Waals surface area (Å²) < 4.78 is 38.5. The lowest BCUT2D eigenvalue weighted by atomic mass is 9.82. The van der Waals surface area contributed by atoms with Gasteiger partial charge in [0.15, 0.2) is 0 Å². The second-order valence-electron chi connectivity index (χ2n) is 6.24. The highest BCUT2D eigenvalue weighted by atomic mass is 19.4. The molecule has 0 bridgehead atoms. The molecule has 1 saturated carbocycles. The van der Waals surface area contributed by atoms with E-state index in [1.54, 1.807) is 0 Å². The van der Waals surface area contributed by atoms with Gasteiger partial charge >= 0.3 is 6.18 Å². The van der Waals surface area contributed by atoms with Crippen LogP contribution in [-0.2, 0) is 0 Å². The fourth-order valence-electron chi connectivity index (χ4n) is 3.42. The first-order valence-electron chi connectivity index (χ1n) is 6.85. The summed E-state index contributed by atoms with van der Waals surface area (Å²) in [6.07, 6.45) is -1.80. The minimum atomic E-state index is -4.02. The van der Waals surface area contributed by atoms with Crippen molar-refractivity contribution in [1.29, 1.82) is 0 Å². The summed E-state index contributed by atoms with van der Waals surface area (Å²) in [4.78, 5) is 2.29. The number of alkyl halides is 3. The van der Waals surface area contributed by atoms with Crippen molar-refractivity contribution < 1.29 is 13.2 Å². The number of piperazine rings is 1. The van der Waals surface area contributed by atoms with Crippen LogP contribution in [0.5, 0.6) is 0 Å². The molecule has 0 aromatic carbocycles. The summed E-state index contributed by atoms with van der Waals surface area (Å²) in [6, 6.07) is 0.0995. The van der Waals surface area contributed by atoms with Gasteiger partial charge in [0.2, 0.25) is 0 Å². The minimum Gasteiger partial charge on any atom is -0.314 e. The second-order valence-corrected chi connectivity index (χ2v) is 6.24. The van der Waals surface area contributed by atoms with Crippen LogP contribution in [0.3, 0.4) is 0 Å². The van der Waals surface area contributed by atoms with E-state index in [0.29, 0.717) is 12.8 Å². The predicted molar refractivity (Wildman–Crippen MR) is 65.5 cm³/mol. The van der Waals surface area contributed by atoms with E-state index in [4.69, 9.17) is 0 Å². The van der Waals surface area contributed by atoms with Crippen molar-refractivity contribution in [1.82, 2.24) is 10.2 Å². The highest BCUT2D eigenvalue weighted by Crippen LogP contribution is 2.40. The molecule has 0 aromatic rings. The molecule has 1 aliphatic carbocycles. The van der Waals surface area contributed by atoms with Crippen LogP contribution in [0, 0.1) is 5.92 Å². The summed E-state index contributed by atoms with van der Waals surface area (Å²) in [5.41, 5.74) is -0.0313. The number of hydrogen-bond acceptors (Lipinski definition) is 2. The molecule has 106 valence electrons. The molecule has 2 atom stereocenters. The average molecular weight is 264 g/mol. The zero-order valence-corrected chi connectivity index (χ0v) is 11.2. The maximum absolute atomic E-state index is 12.8. The Hall–Kier alpha value is -0.290. The van der Waals surface area contributed by atoms with Gasteiger partial charge in [0.1, 0.15) is 0 Å². The molecule has 2 nitrogen and oxygen atoms in total. The fourth-order valence-corrected chi connectivity index (χ4v) is 3.42. The van der Waals surface area contributed by atoms with Crippen LogP contribution in [0.25, 0.3) is 0 Å². The maximum atomic E-state index is 12.8. The van der Waals surface area contributed by atoms with Crippen molar-refractivity contribution in [3.8, 4) is 0 Å². The van der Waals surface area contributed by atoms with Crippen molar-refractivity contribution in [2.75, 3.05) is 19.6 Å². The Morgan fingerprint density at radius 3 is 2.56 bits per heavy atom. The topological polar surface area (TPSA) is 15.3 Å². The third-order valence-electron chi connectivity index (χ3n) is 4.41. The minimum absolute atomic E-state index is 0.0313. The van der Waals surface area contributed by atoms with Gasteiger partial charge in [-0.05, 0) is 33.1 Å². The highest BCUT2D eigenvalue weighted by molar-refractivity contribution is 4.94. The number of rotatable bonds is 1. The van der Waals surface area contributed by atoms with Gasteiger partial charge in [-0.25, -0.2) is 0 Å². The lowest BCUT2D eigenvalue weighted by Gasteiger charge is -2.49. The quantitative estimate of drug-likeness (QED) is 0.783. The molecular weight excluding hydrogens is 241 g/mol. The van der Waals surface area contributed by atoms with Gasteiger partial charge in [0.25, 0.3) is 0 Å². The van der Waals surface area contributed by atoms with E-state index in [2.05, 4.69) is 24.1 Å². The largest absolute Gasteiger partial charge is 0.391 e. The van der Waals surface area contributed by atoms with Gasteiger partial charge in [-0.15, -0.1) is 0 Å². The molecule has 0 amide bonds. The maximum Gasteiger partial charge on any atom is 0.391 e. The molecule has 5 heteroatoms. The average Bonchev–Trinajstić information content (AvgIpc) is 2.27.